The van der Waals surface area contributed by atoms with Crippen LogP contribution in [-0.2, 0) is 9.53 Å². The number of rotatable bonds is 5. The van der Waals surface area contributed by atoms with Gasteiger partial charge in [-0.3, -0.25) is 15.1 Å². The van der Waals surface area contributed by atoms with Gasteiger partial charge in [0.2, 0.25) is 5.91 Å². The molecule has 5 rings (SSSR count). The van der Waals surface area contributed by atoms with Crippen LogP contribution in [0.1, 0.15) is 19.3 Å². The number of nitrogens with zero attached hydrogens (tertiary/aromatic N) is 4. The average molecular weight is 481 g/mol. The van der Waals surface area contributed by atoms with Crippen LogP contribution in [0.15, 0.2) is 12.4 Å². The van der Waals surface area contributed by atoms with Gasteiger partial charge >= 0.3 is 0 Å². The van der Waals surface area contributed by atoms with Gasteiger partial charge in [-0.2, -0.15) is 0 Å². The smallest absolute Gasteiger partial charge is 0.233 e. The third-order valence-corrected chi connectivity index (χ3v) is 7.25. The van der Waals surface area contributed by atoms with Gasteiger partial charge in [0.1, 0.15) is 11.9 Å². The van der Waals surface area contributed by atoms with E-state index in [0.29, 0.717) is 24.5 Å². The molecule has 5 N–H and O–H groups in total. The van der Waals surface area contributed by atoms with Crippen LogP contribution in [0.5, 0.6) is 0 Å². The number of pyridine rings is 1. The summed E-state index contributed by atoms with van der Waals surface area (Å²) in [4.78, 5) is 21.4. The van der Waals surface area contributed by atoms with E-state index in [-0.39, 0.29) is 31.2 Å². The molecule has 0 saturated carbocycles. The highest BCUT2D eigenvalue weighted by atomic mass is 19.1. The van der Waals surface area contributed by atoms with Gasteiger partial charge in [0, 0.05) is 39.3 Å². The lowest BCUT2D eigenvalue weighted by atomic mass is 10.0. The van der Waals surface area contributed by atoms with Crippen LogP contribution in [0.3, 0.4) is 0 Å². The molecule has 12 heteroatoms. The monoisotopic (exact) mass is 480 g/mol. The molecule has 4 unspecified atom stereocenters. The highest BCUT2D eigenvalue weighted by Crippen LogP contribution is 2.33. The molecule has 5 heterocycles. The van der Waals surface area contributed by atoms with Crippen molar-refractivity contribution >= 4 is 17.3 Å². The molecular weight excluding hydrogens is 446 g/mol. The number of hydrogen-bond donors (Lipinski definition) is 4. The summed E-state index contributed by atoms with van der Waals surface area (Å²) in [6, 6.07) is 0. The second kappa shape index (κ2) is 9.96. The molecule has 1 aromatic rings. The van der Waals surface area contributed by atoms with Crippen molar-refractivity contribution < 1.29 is 18.3 Å². The Morgan fingerprint density at radius 2 is 1.97 bits per heavy atom. The van der Waals surface area contributed by atoms with Crippen LogP contribution in [0.25, 0.3) is 0 Å². The number of hydrogen-bond acceptors (Lipinski definition) is 9. The SMILES string of the molecule is CN1CC[C@@H](OC2CCN(c3c(F)cncc3NC(=O)C3C(N)NN4CC(F)CNC34)CC2)C1. The lowest BCUT2D eigenvalue weighted by Gasteiger charge is -2.36. The van der Waals surface area contributed by atoms with Gasteiger partial charge in [-0.25, -0.2) is 19.2 Å². The van der Waals surface area contributed by atoms with Gasteiger partial charge in [0.15, 0.2) is 5.82 Å². The maximum absolute atomic E-state index is 14.9. The number of anilines is 2. The molecular formula is C22H34F2N8O2. The van der Waals surface area contributed by atoms with Crippen molar-refractivity contribution in [3.05, 3.63) is 18.2 Å². The molecule has 4 aliphatic heterocycles. The van der Waals surface area contributed by atoms with Crippen molar-refractivity contribution in [2.75, 3.05) is 56.5 Å². The van der Waals surface area contributed by atoms with Crippen molar-refractivity contribution in [3.8, 4) is 0 Å². The fraction of sp³-hybridized carbons (Fsp3) is 0.727. The number of alkyl halides is 1. The zero-order valence-corrected chi connectivity index (χ0v) is 19.4. The normalized spacial score (nSPS) is 33.3. The Morgan fingerprint density at radius 3 is 2.71 bits per heavy atom. The number of hydrazine groups is 1. The molecule has 4 saturated heterocycles. The number of aromatic nitrogens is 1. The molecule has 188 valence electrons. The maximum atomic E-state index is 14.9. The molecule has 0 aliphatic carbocycles. The number of likely N-dealkylation sites (tertiary alicyclic amines) is 1. The van der Waals surface area contributed by atoms with E-state index in [0.717, 1.165) is 38.5 Å². The summed E-state index contributed by atoms with van der Waals surface area (Å²) in [6.45, 7) is 3.55. The van der Waals surface area contributed by atoms with Gasteiger partial charge in [0.05, 0.1) is 48.5 Å². The topological polar surface area (TPSA) is 111 Å². The van der Waals surface area contributed by atoms with Crippen LogP contribution in [0.2, 0.25) is 0 Å². The Kier molecular flexibility index (Phi) is 6.96. The number of nitrogens with two attached hydrogens (primary N) is 1. The fourth-order valence-corrected chi connectivity index (χ4v) is 5.53. The van der Waals surface area contributed by atoms with Crippen LogP contribution in [-0.4, -0.2) is 97.8 Å². The third kappa shape index (κ3) is 4.88. The Hall–Kier alpha value is -1.96. The minimum absolute atomic E-state index is 0.149. The van der Waals surface area contributed by atoms with Crippen molar-refractivity contribution in [2.24, 2.45) is 11.7 Å². The van der Waals surface area contributed by atoms with Crippen molar-refractivity contribution in [1.82, 2.24) is 25.6 Å². The van der Waals surface area contributed by atoms with Crippen molar-refractivity contribution in [3.63, 3.8) is 0 Å². The number of fused-ring (bicyclic) bond motifs is 1. The van der Waals surface area contributed by atoms with Crippen molar-refractivity contribution in [2.45, 2.75) is 50.0 Å². The predicted octanol–water partition coefficient (Wildman–Crippen LogP) is -0.163. The first-order valence-corrected chi connectivity index (χ1v) is 12.1. The standard InChI is InChI=1S/C22H34F2N8O2/c1-30-5-2-15(12-30)34-14-3-6-31(7-4-14)19-16(24)9-26-10-17(19)28-22(33)18-20(25)29-32-11-13(23)8-27-21(18)32/h9-10,13-15,18,20-21,27,29H,2-8,11-12,25H2,1H3,(H,28,33)/t13?,15-,18?,20?,21?/m1/s1. The number of carbonyl (C=O) groups excluding carboxylic acids is 1. The van der Waals surface area contributed by atoms with E-state index in [2.05, 4.69) is 33.0 Å². The van der Waals surface area contributed by atoms with Crippen molar-refractivity contribution in [1.29, 1.82) is 0 Å². The zero-order chi connectivity index (χ0) is 23.8. The third-order valence-electron chi connectivity index (χ3n) is 7.25. The number of nitrogens with one attached hydrogen (secondary N) is 3. The van der Waals surface area contributed by atoms with E-state index in [1.165, 1.54) is 6.20 Å². The van der Waals surface area contributed by atoms with Gasteiger partial charge < -0.3 is 25.6 Å². The van der Waals surface area contributed by atoms with E-state index in [9.17, 15) is 13.6 Å². The van der Waals surface area contributed by atoms with Gasteiger partial charge in [-0.15, -0.1) is 0 Å². The van der Waals surface area contributed by atoms with E-state index in [4.69, 9.17) is 10.5 Å². The molecule has 0 radical (unpaired) electrons. The van der Waals surface area contributed by atoms with E-state index in [1.807, 2.05) is 4.90 Å². The molecule has 1 amide bonds. The quantitative estimate of drug-likeness (QED) is 0.457. The molecule has 4 fully saturated rings. The van der Waals surface area contributed by atoms with Crippen LogP contribution >= 0.6 is 0 Å². The Bertz CT molecular complexity index is 886. The lowest BCUT2D eigenvalue weighted by Crippen LogP contribution is -2.58. The van der Waals surface area contributed by atoms with E-state index >= 15 is 0 Å². The Morgan fingerprint density at radius 1 is 1.21 bits per heavy atom. The summed E-state index contributed by atoms with van der Waals surface area (Å²) in [5.74, 6) is -1.53. The fourth-order valence-electron chi connectivity index (χ4n) is 5.53. The first-order valence-electron chi connectivity index (χ1n) is 12.1. The Balaban J connectivity index is 1.24. The summed E-state index contributed by atoms with van der Waals surface area (Å²) in [7, 11) is 2.10. The minimum Gasteiger partial charge on any atom is -0.373 e. The van der Waals surface area contributed by atoms with E-state index < -0.39 is 30.2 Å². The van der Waals surface area contributed by atoms with Crippen LogP contribution < -0.4 is 26.7 Å². The molecule has 0 aromatic carbocycles. The first kappa shape index (κ1) is 23.8. The maximum Gasteiger partial charge on any atom is 0.233 e. The highest BCUT2D eigenvalue weighted by molar-refractivity contribution is 5.96. The zero-order valence-electron chi connectivity index (χ0n) is 19.4. The molecule has 34 heavy (non-hydrogen) atoms. The number of halogens is 2. The largest absolute Gasteiger partial charge is 0.373 e. The molecule has 10 nitrogen and oxygen atoms in total. The van der Waals surface area contributed by atoms with Gasteiger partial charge in [-0.05, 0) is 26.3 Å². The summed E-state index contributed by atoms with van der Waals surface area (Å²) in [5.41, 5.74) is 9.75. The van der Waals surface area contributed by atoms with Crippen LogP contribution in [0, 0.1) is 11.7 Å². The minimum atomic E-state index is -1.04. The number of ether oxygens (including phenoxy) is 1. The summed E-state index contributed by atoms with van der Waals surface area (Å²) >= 11 is 0. The van der Waals surface area contributed by atoms with Crippen LogP contribution in [0.4, 0.5) is 20.2 Å². The van der Waals surface area contributed by atoms with Gasteiger partial charge in [-0.1, -0.05) is 0 Å². The number of amides is 1. The molecule has 5 atom stereocenters. The second-order valence-corrected chi connectivity index (χ2v) is 9.79. The summed E-state index contributed by atoms with van der Waals surface area (Å²) < 4.78 is 34.9. The predicted molar refractivity (Wildman–Crippen MR) is 123 cm³/mol. The molecule has 0 bridgehead atoms. The highest BCUT2D eigenvalue weighted by Gasteiger charge is 2.47. The molecule has 0 spiro atoms. The summed E-state index contributed by atoms with van der Waals surface area (Å²) in [6.07, 6.45) is 3.50. The summed E-state index contributed by atoms with van der Waals surface area (Å²) in [5, 5.41) is 7.50. The Labute approximate surface area is 198 Å². The van der Waals surface area contributed by atoms with Gasteiger partial charge in [0.25, 0.3) is 0 Å². The second-order valence-electron chi connectivity index (χ2n) is 9.79. The molecule has 4 aliphatic rings. The number of likely N-dealkylation sites (N-methyl/N-ethyl adjacent to an activating group) is 1. The number of piperidine rings is 1. The van der Waals surface area contributed by atoms with E-state index in [1.54, 1.807) is 5.01 Å². The molecule has 1 aromatic heterocycles. The average Bonchev–Trinajstić information content (AvgIpc) is 3.35. The number of carbonyl (C=O) groups is 1. The lowest BCUT2D eigenvalue weighted by molar-refractivity contribution is -0.121. The first-order chi connectivity index (χ1) is 16.4.